The number of halogens is 1. The maximum atomic E-state index is 13.1. The Morgan fingerprint density at radius 3 is 2.63 bits per heavy atom. The Bertz CT molecular complexity index is 533. The molecule has 0 aliphatic heterocycles. The van der Waals surface area contributed by atoms with Crippen LogP contribution >= 0.6 is 0 Å². The molecule has 0 heterocycles. The molecule has 0 atom stereocenters. The van der Waals surface area contributed by atoms with Crippen molar-refractivity contribution in [1.82, 2.24) is 10.0 Å². The maximum Gasteiger partial charge on any atom is 0.257 e. The van der Waals surface area contributed by atoms with Crippen LogP contribution in [-0.4, -0.2) is 40.3 Å². The minimum Gasteiger partial charge on any atom is -0.481 e. The van der Waals surface area contributed by atoms with Crippen molar-refractivity contribution < 1.29 is 22.3 Å². The van der Waals surface area contributed by atoms with Gasteiger partial charge >= 0.3 is 0 Å². The van der Waals surface area contributed by atoms with Crippen LogP contribution in [0.15, 0.2) is 24.3 Å². The summed E-state index contributed by atoms with van der Waals surface area (Å²) < 4.78 is 41.8. The lowest BCUT2D eigenvalue weighted by atomic mass is 10.3. The quantitative estimate of drug-likeness (QED) is 0.685. The minimum absolute atomic E-state index is 0.00749. The van der Waals surface area contributed by atoms with Crippen LogP contribution in [0.5, 0.6) is 5.75 Å². The second-order valence-corrected chi connectivity index (χ2v) is 5.57. The molecular weight excluding hydrogens is 275 g/mol. The van der Waals surface area contributed by atoms with Crippen molar-refractivity contribution in [2.45, 2.75) is 0 Å². The molecule has 106 valence electrons. The van der Waals surface area contributed by atoms with Crippen molar-refractivity contribution in [3.63, 3.8) is 0 Å². The van der Waals surface area contributed by atoms with Crippen molar-refractivity contribution in [3.05, 3.63) is 30.1 Å². The molecule has 1 rings (SSSR count). The number of ether oxygens (including phenoxy) is 1. The van der Waals surface area contributed by atoms with Gasteiger partial charge in [0.25, 0.3) is 5.91 Å². The summed E-state index contributed by atoms with van der Waals surface area (Å²) in [7, 11) is -3.27. The molecule has 0 aliphatic carbocycles. The van der Waals surface area contributed by atoms with Gasteiger partial charge in [0.15, 0.2) is 18.2 Å². The fourth-order valence-corrected chi connectivity index (χ4v) is 1.67. The van der Waals surface area contributed by atoms with Gasteiger partial charge < -0.3 is 10.1 Å². The van der Waals surface area contributed by atoms with E-state index in [1.807, 2.05) is 0 Å². The van der Waals surface area contributed by atoms with Crippen molar-refractivity contribution >= 4 is 15.9 Å². The summed E-state index contributed by atoms with van der Waals surface area (Å²) in [5, 5.41) is 2.43. The van der Waals surface area contributed by atoms with E-state index in [4.69, 9.17) is 4.74 Å². The van der Waals surface area contributed by atoms with Gasteiger partial charge in [-0.1, -0.05) is 12.1 Å². The van der Waals surface area contributed by atoms with Crippen molar-refractivity contribution in [3.8, 4) is 5.75 Å². The Morgan fingerprint density at radius 1 is 1.32 bits per heavy atom. The fraction of sp³-hybridized carbons (Fsp3) is 0.364. The van der Waals surface area contributed by atoms with Crippen LogP contribution in [-0.2, 0) is 14.8 Å². The van der Waals surface area contributed by atoms with E-state index in [9.17, 15) is 17.6 Å². The molecule has 0 spiro atoms. The second kappa shape index (κ2) is 7.05. The zero-order valence-corrected chi connectivity index (χ0v) is 11.2. The van der Waals surface area contributed by atoms with Crippen LogP contribution < -0.4 is 14.8 Å². The number of benzene rings is 1. The molecule has 1 aromatic carbocycles. The van der Waals surface area contributed by atoms with Crippen LogP contribution in [0.1, 0.15) is 0 Å². The number of sulfonamides is 1. The van der Waals surface area contributed by atoms with Crippen molar-refractivity contribution in [2.24, 2.45) is 0 Å². The maximum absolute atomic E-state index is 13.1. The highest BCUT2D eigenvalue weighted by molar-refractivity contribution is 7.88. The Hall–Kier alpha value is -1.67. The molecule has 0 aliphatic rings. The van der Waals surface area contributed by atoms with Crippen molar-refractivity contribution in [1.29, 1.82) is 0 Å². The lowest BCUT2D eigenvalue weighted by Crippen LogP contribution is -2.36. The van der Waals surface area contributed by atoms with Gasteiger partial charge in [-0.05, 0) is 12.1 Å². The number of carbonyl (C=O) groups excluding carboxylic acids is 1. The molecule has 1 amide bonds. The fourth-order valence-electron chi connectivity index (χ4n) is 1.19. The lowest BCUT2D eigenvalue weighted by molar-refractivity contribution is -0.123. The Morgan fingerprint density at radius 2 is 2.00 bits per heavy atom. The van der Waals surface area contributed by atoms with Gasteiger partial charge in [0.2, 0.25) is 10.0 Å². The molecule has 8 heteroatoms. The van der Waals surface area contributed by atoms with E-state index in [1.54, 1.807) is 6.07 Å². The van der Waals surface area contributed by atoms with E-state index >= 15 is 0 Å². The Kier molecular flexibility index (Phi) is 5.71. The van der Waals surface area contributed by atoms with Gasteiger partial charge in [0, 0.05) is 13.1 Å². The highest BCUT2D eigenvalue weighted by Crippen LogP contribution is 2.14. The predicted molar refractivity (Wildman–Crippen MR) is 67.8 cm³/mol. The standard InChI is InChI=1S/C11H15FN2O4S/c1-19(16,17)14-7-6-13-11(15)8-18-10-5-3-2-4-9(10)12/h2-5,14H,6-8H2,1H3,(H,13,15). The molecule has 0 aromatic heterocycles. The summed E-state index contributed by atoms with van der Waals surface area (Å²) in [5.41, 5.74) is 0. The number of hydrogen-bond acceptors (Lipinski definition) is 4. The normalized spacial score (nSPS) is 11.1. The van der Waals surface area contributed by atoms with Gasteiger partial charge in [0.1, 0.15) is 0 Å². The molecule has 0 saturated heterocycles. The molecule has 0 unspecified atom stereocenters. The van der Waals surface area contributed by atoms with Gasteiger partial charge in [0.05, 0.1) is 6.26 Å². The summed E-state index contributed by atoms with van der Waals surface area (Å²) in [6.45, 7) is -0.114. The first-order valence-electron chi connectivity index (χ1n) is 5.47. The molecule has 6 nitrogen and oxygen atoms in total. The number of nitrogens with one attached hydrogen (secondary N) is 2. The summed E-state index contributed by atoms with van der Waals surface area (Å²) in [5.74, 6) is -1.01. The topological polar surface area (TPSA) is 84.5 Å². The van der Waals surface area contributed by atoms with Gasteiger partial charge in [-0.15, -0.1) is 0 Å². The number of hydrogen-bond donors (Lipinski definition) is 2. The smallest absolute Gasteiger partial charge is 0.257 e. The van der Waals surface area contributed by atoms with Crippen LogP contribution in [0.2, 0.25) is 0 Å². The number of carbonyl (C=O) groups is 1. The van der Waals surface area contributed by atoms with E-state index in [0.717, 1.165) is 6.26 Å². The zero-order chi connectivity index (χ0) is 14.3. The first-order valence-corrected chi connectivity index (χ1v) is 7.36. The summed E-state index contributed by atoms with van der Waals surface area (Å²) in [6, 6.07) is 5.74. The molecule has 0 fully saturated rings. The first kappa shape index (κ1) is 15.4. The molecule has 0 saturated carbocycles. The molecule has 0 radical (unpaired) electrons. The van der Waals surface area contributed by atoms with Crippen LogP contribution in [0.4, 0.5) is 4.39 Å². The third-order valence-corrected chi connectivity index (χ3v) is 2.74. The third kappa shape index (κ3) is 6.73. The van der Waals surface area contributed by atoms with E-state index in [1.165, 1.54) is 18.2 Å². The van der Waals surface area contributed by atoms with Gasteiger partial charge in [-0.2, -0.15) is 0 Å². The molecular formula is C11H15FN2O4S. The molecule has 1 aromatic rings. The highest BCUT2D eigenvalue weighted by Gasteiger charge is 2.06. The summed E-state index contributed by atoms with van der Waals surface area (Å²) in [4.78, 5) is 11.3. The van der Waals surface area contributed by atoms with Gasteiger partial charge in [-0.3, -0.25) is 4.79 Å². The van der Waals surface area contributed by atoms with Crippen LogP contribution in [0.3, 0.4) is 0 Å². The van der Waals surface area contributed by atoms with Gasteiger partial charge in [-0.25, -0.2) is 17.5 Å². The monoisotopic (exact) mass is 290 g/mol. The second-order valence-electron chi connectivity index (χ2n) is 3.74. The Labute approximate surface area is 111 Å². The van der Waals surface area contributed by atoms with Crippen molar-refractivity contribution in [2.75, 3.05) is 26.0 Å². The number of amides is 1. The number of para-hydroxylation sites is 1. The number of rotatable bonds is 7. The minimum atomic E-state index is -3.27. The summed E-state index contributed by atoms with van der Waals surface area (Å²) >= 11 is 0. The first-order chi connectivity index (χ1) is 8.88. The molecule has 19 heavy (non-hydrogen) atoms. The third-order valence-electron chi connectivity index (χ3n) is 2.01. The van der Waals surface area contributed by atoms with Crippen LogP contribution in [0.25, 0.3) is 0 Å². The lowest BCUT2D eigenvalue weighted by Gasteiger charge is -2.08. The van der Waals surface area contributed by atoms with E-state index in [0.29, 0.717) is 0 Å². The SMILES string of the molecule is CS(=O)(=O)NCCNC(=O)COc1ccccc1F. The Balaban J connectivity index is 2.24. The average Bonchev–Trinajstić information content (AvgIpc) is 2.32. The van der Waals surface area contributed by atoms with Crippen LogP contribution in [0, 0.1) is 5.82 Å². The molecule has 2 N–H and O–H groups in total. The average molecular weight is 290 g/mol. The van der Waals surface area contributed by atoms with E-state index in [-0.39, 0.29) is 25.4 Å². The van der Waals surface area contributed by atoms with E-state index < -0.39 is 21.7 Å². The molecule has 0 bridgehead atoms. The highest BCUT2D eigenvalue weighted by atomic mass is 32.2. The summed E-state index contributed by atoms with van der Waals surface area (Å²) in [6.07, 6.45) is 1.02. The zero-order valence-electron chi connectivity index (χ0n) is 10.3. The van der Waals surface area contributed by atoms with E-state index in [2.05, 4.69) is 10.0 Å². The predicted octanol–water partition coefficient (Wildman–Crippen LogP) is -0.130. The largest absolute Gasteiger partial charge is 0.481 e.